The normalized spacial score (nSPS) is 23.0. The predicted molar refractivity (Wildman–Crippen MR) is 143 cm³/mol. The van der Waals surface area contributed by atoms with Crippen LogP contribution in [0.25, 0.3) is 11.3 Å². The van der Waals surface area contributed by atoms with E-state index in [1.807, 2.05) is 26.0 Å². The Balaban J connectivity index is 1.25. The largest absolute Gasteiger partial charge is 0.368 e. The van der Waals surface area contributed by atoms with Crippen molar-refractivity contribution >= 4 is 34.1 Å². The van der Waals surface area contributed by atoms with E-state index in [9.17, 15) is 14.4 Å². The van der Waals surface area contributed by atoms with Crippen molar-refractivity contribution in [3.05, 3.63) is 35.2 Å². The molecule has 1 N–H and O–H groups in total. The lowest BCUT2D eigenvalue weighted by atomic mass is 10.0. The van der Waals surface area contributed by atoms with Crippen LogP contribution < -0.4 is 10.2 Å². The van der Waals surface area contributed by atoms with Gasteiger partial charge < -0.3 is 24.8 Å². The number of ketones is 1. The fraction of sp³-hybridized carbons (Fsp3) is 0.556. The molecule has 198 valence electrons. The van der Waals surface area contributed by atoms with Crippen molar-refractivity contribution in [3.8, 4) is 11.3 Å². The Bertz CT molecular complexity index is 1140. The number of Topliss-reactive ketones (excluding diaryl/α,β-unsaturated/α-hetero) is 1. The first-order valence-corrected chi connectivity index (χ1v) is 13.9. The van der Waals surface area contributed by atoms with Gasteiger partial charge >= 0.3 is 0 Å². The number of rotatable bonds is 7. The number of hydrogen-bond acceptors (Lipinski definition) is 8. The van der Waals surface area contributed by atoms with Gasteiger partial charge in [0.25, 0.3) is 5.91 Å². The first-order chi connectivity index (χ1) is 17.8. The molecule has 3 aliphatic rings. The van der Waals surface area contributed by atoms with Crippen LogP contribution in [0.5, 0.6) is 0 Å². The second kappa shape index (κ2) is 10.9. The van der Waals surface area contributed by atoms with Crippen molar-refractivity contribution in [2.75, 3.05) is 51.3 Å². The molecule has 37 heavy (non-hydrogen) atoms. The number of likely N-dealkylation sites (N-methyl/N-ethyl adjacent to an activating group) is 1. The van der Waals surface area contributed by atoms with Gasteiger partial charge in [0, 0.05) is 49.2 Å². The molecule has 3 saturated heterocycles. The molecule has 1 aromatic heterocycles. The van der Waals surface area contributed by atoms with Crippen LogP contribution in [-0.4, -0.2) is 96.9 Å². The average molecular weight is 526 g/mol. The molecule has 10 heteroatoms. The zero-order chi connectivity index (χ0) is 26.1. The number of amides is 2. The third-order valence-electron chi connectivity index (χ3n) is 7.41. The molecule has 1 aromatic carbocycles. The van der Waals surface area contributed by atoms with Crippen molar-refractivity contribution in [3.63, 3.8) is 0 Å². The first kappa shape index (κ1) is 25.8. The summed E-state index contributed by atoms with van der Waals surface area (Å²) in [5, 5.41) is 6.02. The van der Waals surface area contributed by atoms with Crippen LogP contribution in [0.2, 0.25) is 0 Å². The summed E-state index contributed by atoms with van der Waals surface area (Å²) in [6, 6.07) is 6.14. The number of carbonyl (C=O) groups is 3. The van der Waals surface area contributed by atoms with Crippen molar-refractivity contribution in [1.82, 2.24) is 20.1 Å². The molecule has 2 amide bonds. The lowest BCUT2D eigenvalue weighted by molar-refractivity contribution is -0.138. The number of carbonyl (C=O) groups excluding carboxylic acids is 3. The van der Waals surface area contributed by atoms with Crippen molar-refractivity contribution in [2.45, 2.75) is 44.9 Å². The highest BCUT2D eigenvalue weighted by molar-refractivity contribution is 7.14. The number of hydrogen-bond donors (Lipinski definition) is 1. The zero-order valence-corrected chi connectivity index (χ0v) is 22.5. The van der Waals surface area contributed by atoms with E-state index < -0.39 is 12.1 Å². The monoisotopic (exact) mass is 525 g/mol. The van der Waals surface area contributed by atoms with Gasteiger partial charge in [0.2, 0.25) is 5.91 Å². The van der Waals surface area contributed by atoms with Crippen LogP contribution in [0.4, 0.5) is 5.13 Å². The van der Waals surface area contributed by atoms with Gasteiger partial charge in [-0.05, 0) is 37.9 Å². The highest BCUT2D eigenvalue weighted by Crippen LogP contribution is 2.29. The maximum Gasteiger partial charge on any atom is 0.251 e. The number of piperazine rings is 1. The Morgan fingerprint density at radius 1 is 1.14 bits per heavy atom. The number of benzene rings is 1. The van der Waals surface area contributed by atoms with Crippen LogP contribution in [0.15, 0.2) is 29.6 Å². The Morgan fingerprint density at radius 3 is 2.57 bits per heavy atom. The Hall–Kier alpha value is -2.82. The molecule has 3 aliphatic heterocycles. The van der Waals surface area contributed by atoms with Gasteiger partial charge in [-0.1, -0.05) is 26.0 Å². The molecule has 4 heterocycles. The van der Waals surface area contributed by atoms with E-state index in [0.717, 1.165) is 42.6 Å². The van der Waals surface area contributed by atoms with Gasteiger partial charge in [-0.2, -0.15) is 0 Å². The molecule has 0 radical (unpaired) electrons. The molecule has 0 aliphatic carbocycles. The summed E-state index contributed by atoms with van der Waals surface area (Å²) in [5.74, 6) is -0.362. The highest BCUT2D eigenvalue weighted by atomic mass is 32.1. The minimum Gasteiger partial charge on any atom is -0.368 e. The van der Waals surface area contributed by atoms with E-state index in [1.54, 1.807) is 28.4 Å². The average Bonchev–Trinajstić information content (AvgIpc) is 3.62. The van der Waals surface area contributed by atoms with Crippen LogP contribution in [0, 0.1) is 5.92 Å². The summed E-state index contributed by atoms with van der Waals surface area (Å²) in [4.78, 5) is 49.9. The number of nitrogens with zero attached hydrogens (tertiary/aromatic N) is 4. The first-order valence-electron chi connectivity index (χ1n) is 13.0. The summed E-state index contributed by atoms with van der Waals surface area (Å²) in [6.45, 7) is 8.57. The van der Waals surface area contributed by atoms with Crippen molar-refractivity contribution in [1.29, 1.82) is 0 Å². The Labute approximate surface area is 221 Å². The van der Waals surface area contributed by atoms with E-state index in [-0.39, 0.29) is 36.2 Å². The molecule has 5 rings (SSSR count). The predicted octanol–water partition coefficient (Wildman–Crippen LogP) is 2.28. The van der Waals surface area contributed by atoms with Crippen molar-refractivity contribution in [2.24, 2.45) is 5.92 Å². The van der Waals surface area contributed by atoms with E-state index in [2.05, 4.69) is 27.5 Å². The second-order valence-electron chi connectivity index (χ2n) is 10.6. The van der Waals surface area contributed by atoms with Crippen LogP contribution >= 0.6 is 11.3 Å². The van der Waals surface area contributed by atoms with Crippen molar-refractivity contribution < 1.29 is 19.1 Å². The molecule has 0 saturated carbocycles. The number of thiazole rings is 1. The third-order valence-corrected chi connectivity index (χ3v) is 8.32. The second-order valence-corrected chi connectivity index (χ2v) is 11.5. The molecule has 1 unspecified atom stereocenters. The maximum atomic E-state index is 13.4. The topological polar surface area (TPSA) is 95.1 Å². The van der Waals surface area contributed by atoms with E-state index >= 15 is 0 Å². The molecule has 9 nitrogen and oxygen atoms in total. The lowest BCUT2D eigenvalue weighted by Gasteiger charge is -2.32. The van der Waals surface area contributed by atoms with Crippen LogP contribution in [0.3, 0.4) is 0 Å². The summed E-state index contributed by atoms with van der Waals surface area (Å²) in [7, 11) is 2.14. The maximum absolute atomic E-state index is 13.4. The smallest absolute Gasteiger partial charge is 0.251 e. The zero-order valence-electron chi connectivity index (χ0n) is 21.7. The van der Waals surface area contributed by atoms with Gasteiger partial charge in [0.05, 0.1) is 11.8 Å². The summed E-state index contributed by atoms with van der Waals surface area (Å²) in [6.07, 6.45) is 0.931. The third kappa shape index (κ3) is 5.56. The Morgan fingerprint density at radius 2 is 1.86 bits per heavy atom. The number of anilines is 1. The lowest BCUT2D eigenvalue weighted by Crippen LogP contribution is -2.52. The standard InChI is InChI=1S/C27H35N5O4S/c1-17(2)14-20(26(35)32-9-8-23-24(32)22(33)15-36-23)28-25(34)19-6-4-18(5-7-19)21-16-37-27(29-21)31-12-10-30(3)11-13-31/h4-7,16-17,20,23-24H,8-15H2,1-3H3,(H,28,34)/t20?,23-,24-/m1/s1. The summed E-state index contributed by atoms with van der Waals surface area (Å²) < 4.78 is 5.53. The molecular formula is C27H35N5O4S. The summed E-state index contributed by atoms with van der Waals surface area (Å²) >= 11 is 1.64. The van der Waals surface area contributed by atoms with Crippen LogP contribution in [-0.2, 0) is 14.3 Å². The van der Waals surface area contributed by atoms with Gasteiger partial charge in [0.1, 0.15) is 18.7 Å². The number of fused-ring (bicyclic) bond motifs is 1. The molecule has 3 atom stereocenters. The van der Waals surface area contributed by atoms with Gasteiger partial charge in [-0.3, -0.25) is 14.4 Å². The molecular weight excluding hydrogens is 490 g/mol. The fourth-order valence-electron chi connectivity index (χ4n) is 5.31. The van der Waals surface area contributed by atoms with E-state index in [4.69, 9.17) is 9.72 Å². The highest BCUT2D eigenvalue weighted by Gasteiger charge is 2.48. The number of ether oxygens (including phenoxy) is 1. The van der Waals surface area contributed by atoms with Gasteiger partial charge in [-0.15, -0.1) is 11.3 Å². The minimum atomic E-state index is -0.691. The van der Waals surface area contributed by atoms with Crippen LogP contribution in [0.1, 0.15) is 37.0 Å². The number of likely N-dealkylation sites (tertiary alicyclic amines) is 1. The minimum absolute atomic E-state index is 0.0566. The SMILES string of the molecule is CC(C)CC(NC(=O)c1ccc(-c2csc(N3CCN(C)CC3)n2)cc1)C(=O)N1CC[C@H]2OCC(=O)[C@H]21. The van der Waals surface area contributed by atoms with E-state index in [0.29, 0.717) is 24.9 Å². The van der Waals surface area contributed by atoms with Gasteiger partial charge in [0.15, 0.2) is 10.9 Å². The summed E-state index contributed by atoms with van der Waals surface area (Å²) in [5.41, 5.74) is 2.33. The number of aromatic nitrogens is 1. The fourth-order valence-corrected chi connectivity index (χ4v) is 6.20. The quantitative estimate of drug-likeness (QED) is 0.593. The molecule has 0 spiro atoms. The Kier molecular flexibility index (Phi) is 7.60. The molecule has 0 bridgehead atoms. The molecule has 2 aromatic rings. The van der Waals surface area contributed by atoms with E-state index in [1.165, 1.54) is 0 Å². The number of nitrogens with one attached hydrogen (secondary N) is 1. The van der Waals surface area contributed by atoms with Gasteiger partial charge in [-0.25, -0.2) is 4.98 Å². The molecule has 3 fully saturated rings.